The lowest BCUT2D eigenvalue weighted by Gasteiger charge is -2.44. The van der Waals surface area contributed by atoms with Gasteiger partial charge in [-0.1, -0.05) is 6.92 Å². The molecule has 2 aliphatic rings. The van der Waals surface area contributed by atoms with E-state index in [-0.39, 0.29) is 5.41 Å². The van der Waals surface area contributed by atoms with Crippen LogP contribution in [0.5, 0.6) is 0 Å². The molecular formula is C15H29N3O2. The molecule has 1 unspecified atom stereocenters. The second-order valence-corrected chi connectivity index (χ2v) is 6.19. The zero-order chi connectivity index (χ0) is 14.6. The van der Waals surface area contributed by atoms with Crippen molar-refractivity contribution in [2.75, 3.05) is 53.0 Å². The minimum Gasteiger partial charge on any atom is -0.384 e. The predicted octanol–water partition coefficient (Wildman–Crippen LogP) is 0.555. The Kier molecular flexibility index (Phi) is 5.41. The molecule has 2 saturated heterocycles. The third kappa shape index (κ3) is 3.15. The maximum Gasteiger partial charge on any atom is 0.231 e. The van der Waals surface area contributed by atoms with Gasteiger partial charge in [0.1, 0.15) is 0 Å². The van der Waals surface area contributed by atoms with E-state index in [0.29, 0.717) is 18.6 Å². The van der Waals surface area contributed by atoms with Crippen LogP contribution in [0.15, 0.2) is 0 Å². The van der Waals surface area contributed by atoms with Crippen molar-refractivity contribution < 1.29 is 9.53 Å². The number of piperidine rings is 1. The molecule has 0 spiro atoms. The van der Waals surface area contributed by atoms with E-state index in [4.69, 9.17) is 4.74 Å². The van der Waals surface area contributed by atoms with Gasteiger partial charge >= 0.3 is 0 Å². The SMILES string of the molecule is CCN1CCN(C(=O)C2(COC)CCNCC2)CC1C. The molecule has 2 rings (SSSR count). The molecule has 2 fully saturated rings. The van der Waals surface area contributed by atoms with Crippen molar-refractivity contribution in [1.82, 2.24) is 15.1 Å². The minimum atomic E-state index is -0.298. The van der Waals surface area contributed by atoms with Gasteiger partial charge in [0.25, 0.3) is 0 Å². The van der Waals surface area contributed by atoms with Crippen molar-refractivity contribution in [3.63, 3.8) is 0 Å². The van der Waals surface area contributed by atoms with E-state index in [2.05, 4.69) is 29.0 Å². The van der Waals surface area contributed by atoms with E-state index in [9.17, 15) is 4.79 Å². The zero-order valence-corrected chi connectivity index (χ0v) is 13.2. The van der Waals surface area contributed by atoms with Gasteiger partial charge in [-0.3, -0.25) is 9.69 Å². The number of nitrogens with zero attached hydrogens (tertiary/aromatic N) is 2. The summed E-state index contributed by atoms with van der Waals surface area (Å²) in [6, 6.07) is 0.457. The summed E-state index contributed by atoms with van der Waals surface area (Å²) in [6.45, 7) is 10.6. The Balaban J connectivity index is 2.04. The van der Waals surface area contributed by atoms with Crippen LogP contribution in [0.2, 0.25) is 0 Å². The van der Waals surface area contributed by atoms with Crippen molar-refractivity contribution in [2.24, 2.45) is 5.41 Å². The normalized spacial score (nSPS) is 27.6. The van der Waals surface area contributed by atoms with Gasteiger partial charge < -0.3 is 15.0 Å². The summed E-state index contributed by atoms with van der Waals surface area (Å²) in [5.41, 5.74) is -0.298. The third-order valence-corrected chi connectivity index (χ3v) is 4.89. The van der Waals surface area contributed by atoms with Crippen LogP contribution >= 0.6 is 0 Å². The summed E-state index contributed by atoms with van der Waals surface area (Å²) in [6.07, 6.45) is 1.78. The molecular weight excluding hydrogens is 254 g/mol. The minimum absolute atomic E-state index is 0.298. The number of hydrogen-bond acceptors (Lipinski definition) is 4. The van der Waals surface area contributed by atoms with E-state index < -0.39 is 0 Å². The highest BCUT2D eigenvalue weighted by Gasteiger charge is 2.43. The Hall–Kier alpha value is -0.650. The first-order chi connectivity index (χ1) is 9.63. The van der Waals surface area contributed by atoms with Crippen LogP contribution in [0.1, 0.15) is 26.7 Å². The van der Waals surface area contributed by atoms with E-state index >= 15 is 0 Å². The molecule has 1 atom stereocenters. The first kappa shape index (κ1) is 15.7. The summed E-state index contributed by atoms with van der Waals surface area (Å²) in [4.78, 5) is 17.5. The van der Waals surface area contributed by atoms with Crippen LogP contribution in [0.4, 0.5) is 0 Å². The van der Waals surface area contributed by atoms with Crippen molar-refractivity contribution in [2.45, 2.75) is 32.7 Å². The third-order valence-electron chi connectivity index (χ3n) is 4.89. The highest BCUT2D eigenvalue weighted by molar-refractivity contribution is 5.83. The van der Waals surface area contributed by atoms with E-state index in [1.54, 1.807) is 7.11 Å². The van der Waals surface area contributed by atoms with Crippen molar-refractivity contribution in [1.29, 1.82) is 0 Å². The maximum absolute atomic E-state index is 13.0. The van der Waals surface area contributed by atoms with Gasteiger partial charge in [0.05, 0.1) is 12.0 Å². The Morgan fingerprint density at radius 2 is 2.05 bits per heavy atom. The quantitative estimate of drug-likeness (QED) is 0.819. The van der Waals surface area contributed by atoms with Gasteiger partial charge in [-0.15, -0.1) is 0 Å². The Morgan fingerprint density at radius 1 is 1.35 bits per heavy atom. The van der Waals surface area contributed by atoms with Crippen LogP contribution in [0.3, 0.4) is 0 Å². The summed E-state index contributed by atoms with van der Waals surface area (Å²) < 4.78 is 5.38. The van der Waals surface area contributed by atoms with Gasteiger partial charge in [0.2, 0.25) is 5.91 Å². The zero-order valence-electron chi connectivity index (χ0n) is 13.2. The smallest absolute Gasteiger partial charge is 0.231 e. The molecule has 20 heavy (non-hydrogen) atoms. The predicted molar refractivity (Wildman–Crippen MR) is 79.7 cm³/mol. The van der Waals surface area contributed by atoms with Gasteiger partial charge in [0, 0.05) is 32.8 Å². The van der Waals surface area contributed by atoms with Crippen molar-refractivity contribution >= 4 is 5.91 Å². The van der Waals surface area contributed by atoms with Crippen molar-refractivity contribution in [3.8, 4) is 0 Å². The molecule has 0 aromatic heterocycles. The lowest BCUT2D eigenvalue weighted by atomic mass is 9.78. The lowest BCUT2D eigenvalue weighted by Crippen LogP contribution is -2.59. The fourth-order valence-electron chi connectivity index (χ4n) is 3.59. The Morgan fingerprint density at radius 3 is 2.60 bits per heavy atom. The summed E-state index contributed by atoms with van der Waals surface area (Å²) in [7, 11) is 1.70. The lowest BCUT2D eigenvalue weighted by molar-refractivity contribution is -0.150. The number of amides is 1. The molecule has 0 aromatic rings. The number of piperazine rings is 1. The molecule has 1 amide bonds. The van der Waals surface area contributed by atoms with Gasteiger partial charge in [-0.2, -0.15) is 0 Å². The molecule has 2 aliphatic heterocycles. The molecule has 0 saturated carbocycles. The number of carbonyl (C=O) groups excluding carboxylic acids is 1. The summed E-state index contributed by atoms with van der Waals surface area (Å²) in [5.74, 6) is 0.309. The number of nitrogens with one attached hydrogen (secondary N) is 1. The molecule has 5 nitrogen and oxygen atoms in total. The van der Waals surface area contributed by atoms with Crippen LogP contribution < -0.4 is 5.32 Å². The standard InChI is InChI=1S/C15H29N3O2/c1-4-17-9-10-18(11-13(17)2)14(19)15(12-20-3)5-7-16-8-6-15/h13,16H,4-12H2,1-3H3. The Bertz CT molecular complexity index is 324. The van der Waals surface area contributed by atoms with Crippen LogP contribution in [0, 0.1) is 5.41 Å². The van der Waals surface area contributed by atoms with E-state index in [1.165, 1.54) is 0 Å². The topological polar surface area (TPSA) is 44.8 Å². The van der Waals surface area contributed by atoms with Crippen LogP contribution in [0.25, 0.3) is 0 Å². The monoisotopic (exact) mass is 283 g/mol. The van der Waals surface area contributed by atoms with Gasteiger partial charge in [-0.05, 0) is 39.4 Å². The number of methoxy groups -OCH3 is 1. The summed E-state index contributed by atoms with van der Waals surface area (Å²) in [5, 5.41) is 3.35. The summed E-state index contributed by atoms with van der Waals surface area (Å²) >= 11 is 0. The van der Waals surface area contributed by atoms with E-state index in [0.717, 1.165) is 52.1 Å². The van der Waals surface area contributed by atoms with E-state index in [1.807, 2.05) is 0 Å². The van der Waals surface area contributed by atoms with Crippen LogP contribution in [-0.4, -0.2) is 74.7 Å². The molecule has 1 N–H and O–H groups in total. The molecule has 0 bridgehead atoms. The van der Waals surface area contributed by atoms with Gasteiger partial charge in [0.15, 0.2) is 0 Å². The number of hydrogen-bond donors (Lipinski definition) is 1. The number of ether oxygens (including phenoxy) is 1. The highest BCUT2D eigenvalue weighted by Crippen LogP contribution is 2.32. The molecule has 0 aromatic carbocycles. The van der Waals surface area contributed by atoms with Crippen LogP contribution in [-0.2, 0) is 9.53 Å². The first-order valence-electron chi connectivity index (χ1n) is 7.86. The molecule has 2 heterocycles. The fraction of sp³-hybridized carbons (Fsp3) is 0.933. The molecule has 116 valence electrons. The second-order valence-electron chi connectivity index (χ2n) is 6.19. The average Bonchev–Trinajstić information content (AvgIpc) is 2.47. The molecule has 5 heteroatoms. The maximum atomic E-state index is 13.0. The number of carbonyl (C=O) groups is 1. The second kappa shape index (κ2) is 6.87. The van der Waals surface area contributed by atoms with Crippen molar-refractivity contribution in [3.05, 3.63) is 0 Å². The molecule has 0 radical (unpaired) electrons. The number of rotatable bonds is 4. The Labute approximate surface area is 122 Å². The number of likely N-dealkylation sites (N-methyl/N-ethyl adjacent to an activating group) is 1. The highest BCUT2D eigenvalue weighted by atomic mass is 16.5. The average molecular weight is 283 g/mol. The largest absolute Gasteiger partial charge is 0.384 e. The molecule has 0 aliphatic carbocycles. The van der Waals surface area contributed by atoms with Gasteiger partial charge in [-0.25, -0.2) is 0 Å². The fourth-order valence-corrected chi connectivity index (χ4v) is 3.59. The first-order valence-corrected chi connectivity index (χ1v) is 7.86.